The van der Waals surface area contributed by atoms with Gasteiger partial charge in [0, 0.05) is 31.6 Å². The maximum atomic E-state index is 4.64. The second-order valence-electron chi connectivity index (χ2n) is 4.83. The monoisotopic (exact) mass is 261 g/mol. The maximum absolute atomic E-state index is 4.64. The number of anilines is 1. The second kappa shape index (κ2) is 5.24. The molecule has 0 atom stereocenters. The number of rotatable bonds is 3. The van der Waals surface area contributed by atoms with Gasteiger partial charge in [-0.1, -0.05) is 19.1 Å². The molecule has 1 aliphatic rings. The smallest absolute Gasteiger partial charge is 0.150 e. The van der Waals surface area contributed by atoms with E-state index in [2.05, 4.69) is 45.4 Å². The zero-order valence-corrected chi connectivity index (χ0v) is 11.6. The highest BCUT2D eigenvalue weighted by atomic mass is 32.1. The van der Waals surface area contributed by atoms with E-state index >= 15 is 0 Å². The fourth-order valence-electron chi connectivity index (χ4n) is 2.60. The molecule has 0 N–H and O–H groups in total. The molecule has 1 aromatic heterocycles. The summed E-state index contributed by atoms with van der Waals surface area (Å²) >= 11 is 1.61. The number of nitrogens with zero attached hydrogens (tertiary/aromatic N) is 3. The van der Waals surface area contributed by atoms with Crippen LogP contribution < -0.4 is 4.90 Å². The van der Waals surface area contributed by atoms with Crippen molar-refractivity contribution in [1.82, 2.24) is 9.27 Å². The Hall–Kier alpha value is -1.13. The average molecular weight is 261 g/mol. The quantitative estimate of drug-likeness (QED) is 0.847. The molecule has 1 aliphatic heterocycles. The van der Waals surface area contributed by atoms with Crippen molar-refractivity contribution in [3.05, 3.63) is 24.3 Å². The summed E-state index contributed by atoms with van der Waals surface area (Å²) in [6.07, 6.45) is 1.25. The van der Waals surface area contributed by atoms with Crippen molar-refractivity contribution in [2.24, 2.45) is 0 Å². The minimum absolute atomic E-state index is 1.10. The lowest BCUT2D eigenvalue weighted by Gasteiger charge is -2.34. The first-order valence-electron chi connectivity index (χ1n) is 6.70. The molecular formula is C14H19N3S. The van der Waals surface area contributed by atoms with E-state index in [4.69, 9.17) is 0 Å². The molecule has 0 unspecified atom stereocenters. The van der Waals surface area contributed by atoms with Crippen LogP contribution in [0.15, 0.2) is 24.3 Å². The molecule has 0 saturated carbocycles. The molecule has 3 rings (SSSR count). The van der Waals surface area contributed by atoms with Crippen LogP contribution in [0, 0.1) is 0 Å². The summed E-state index contributed by atoms with van der Waals surface area (Å²) in [5.74, 6) is 1.19. The minimum atomic E-state index is 1.10. The topological polar surface area (TPSA) is 19.4 Å². The van der Waals surface area contributed by atoms with E-state index in [0.29, 0.717) is 0 Å². The number of piperazine rings is 1. The number of benzene rings is 1. The van der Waals surface area contributed by atoms with E-state index in [1.54, 1.807) is 11.5 Å². The van der Waals surface area contributed by atoms with Crippen LogP contribution in [-0.2, 0) is 0 Å². The van der Waals surface area contributed by atoms with Crippen molar-refractivity contribution < 1.29 is 0 Å². The van der Waals surface area contributed by atoms with Gasteiger partial charge in [-0.2, -0.15) is 4.37 Å². The Labute approximate surface area is 112 Å². The predicted octanol–water partition coefficient (Wildman–Crippen LogP) is 2.83. The van der Waals surface area contributed by atoms with Crippen LogP contribution in [0.3, 0.4) is 0 Å². The first-order chi connectivity index (χ1) is 8.88. The fourth-order valence-corrected chi connectivity index (χ4v) is 3.40. The van der Waals surface area contributed by atoms with Gasteiger partial charge < -0.3 is 4.90 Å². The summed E-state index contributed by atoms with van der Waals surface area (Å²) in [5.41, 5.74) is 0. The molecule has 2 aromatic rings. The number of hydrogen-bond acceptors (Lipinski definition) is 4. The molecule has 0 spiro atoms. The summed E-state index contributed by atoms with van der Waals surface area (Å²) in [6.45, 7) is 8.02. The molecule has 3 nitrogen and oxygen atoms in total. The van der Waals surface area contributed by atoms with Gasteiger partial charge in [0.05, 0.1) is 4.70 Å². The van der Waals surface area contributed by atoms with E-state index in [-0.39, 0.29) is 0 Å². The highest BCUT2D eigenvalue weighted by Crippen LogP contribution is 2.29. The lowest BCUT2D eigenvalue weighted by atomic mass is 10.2. The summed E-state index contributed by atoms with van der Waals surface area (Å²) in [4.78, 5) is 4.98. The van der Waals surface area contributed by atoms with Gasteiger partial charge in [-0.3, -0.25) is 4.90 Å². The second-order valence-corrected chi connectivity index (χ2v) is 5.64. The Morgan fingerprint density at radius 1 is 1.17 bits per heavy atom. The lowest BCUT2D eigenvalue weighted by Crippen LogP contribution is -2.46. The van der Waals surface area contributed by atoms with Gasteiger partial charge in [-0.25, -0.2) is 0 Å². The van der Waals surface area contributed by atoms with Gasteiger partial charge in [0.1, 0.15) is 5.82 Å². The minimum Gasteiger partial charge on any atom is -0.353 e. The molecule has 2 heterocycles. The zero-order valence-electron chi connectivity index (χ0n) is 10.8. The van der Waals surface area contributed by atoms with Crippen LogP contribution in [0.2, 0.25) is 0 Å². The highest BCUT2D eigenvalue weighted by Gasteiger charge is 2.19. The summed E-state index contributed by atoms with van der Waals surface area (Å²) < 4.78 is 5.93. The fraction of sp³-hybridized carbons (Fsp3) is 0.500. The molecule has 0 amide bonds. The average Bonchev–Trinajstić information content (AvgIpc) is 2.84. The molecule has 4 heteroatoms. The Balaban J connectivity index is 1.76. The molecule has 1 saturated heterocycles. The van der Waals surface area contributed by atoms with Gasteiger partial charge >= 0.3 is 0 Å². The van der Waals surface area contributed by atoms with Crippen LogP contribution >= 0.6 is 11.5 Å². The van der Waals surface area contributed by atoms with E-state index in [9.17, 15) is 0 Å². The van der Waals surface area contributed by atoms with Crippen molar-refractivity contribution in [1.29, 1.82) is 0 Å². The molecular weight excluding hydrogens is 242 g/mol. The molecule has 0 bridgehead atoms. The van der Waals surface area contributed by atoms with Crippen LogP contribution in [-0.4, -0.2) is 42.0 Å². The van der Waals surface area contributed by atoms with Crippen molar-refractivity contribution in [2.45, 2.75) is 13.3 Å². The highest BCUT2D eigenvalue weighted by molar-refractivity contribution is 7.13. The van der Waals surface area contributed by atoms with Crippen molar-refractivity contribution in [2.75, 3.05) is 37.6 Å². The first-order valence-corrected chi connectivity index (χ1v) is 7.47. The zero-order chi connectivity index (χ0) is 12.4. The largest absolute Gasteiger partial charge is 0.353 e. The van der Waals surface area contributed by atoms with Gasteiger partial charge in [-0.05, 0) is 36.6 Å². The third kappa shape index (κ3) is 2.22. The Kier molecular flexibility index (Phi) is 3.48. The number of hydrogen-bond donors (Lipinski definition) is 0. The van der Waals surface area contributed by atoms with Crippen molar-refractivity contribution in [3.63, 3.8) is 0 Å². The van der Waals surface area contributed by atoms with Gasteiger partial charge in [0.25, 0.3) is 0 Å². The molecule has 1 fully saturated rings. The lowest BCUT2D eigenvalue weighted by molar-refractivity contribution is 0.258. The first kappa shape index (κ1) is 11.9. The normalized spacial score (nSPS) is 17.5. The van der Waals surface area contributed by atoms with E-state index in [0.717, 1.165) is 13.1 Å². The Morgan fingerprint density at radius 3 is 2.72 bits per heavy atom. The van der Waals surface area contributed by atoms with Crippen LogP contribution in [0.5, 0.6) is 0 Å². The molecule has 1 aromatic carbocycles. The Morgan fingerprint density at radius 2 is 1.94 bits per heavy atom. The summed E-state index contributed by atoms with van der Waals surface area (Å²) in [5, 5.41) is 1.31. The Bertz CT molecular complexity index is 514. The third-order valence-electron chi connectivity index (χ3n) is 3.57. The van der Waals surface area contributed by atoms with E-state index in [1.165, 1.54) is 42.0 Å². The van der Waals surface area contributed by atoms with Crippen molar-refractivity contribution in [3.8, 4) is 0 Å². The summed E-state index contributed by atoms with van der Waals surface area (Å²) in [7, 11) is 0. The molecule has 18 heavy (non-hydrogen) atoms. The van der Waals surface area contributed by atoms with E-state index in [1.807, 2.05) is 0 Å². The SMILES string of the molecule is CCCN1CCN(c2nsc3ccccc23)CC1. The van der Waals surface area contributed by atoms with Crippen LogP contribution in [0.4, 0.5) is 5.82 Å². The van der Waals surface area contributed by atoms with E-state index < -0.39 is 0 Å². The van der Waals surface area contributed by atoms with Gasteiger partial charge in [0.15, 0.2) is 0 Å². The number of aromatic nitrogens is 1. The standard InChI is InChI=1S/C14H19N3S/c1-2-7-16-8-10-17(11-9-16)14-12-5-3-4-6-13(12)18-15-14/h3-6H,2,7-11H2,1H3. The van der Waals surface area contributed by atoms with Gasteiger partial charge in [0.2, 0.25) is 0 Å². The van der Waals surface area contributed by atoms with Crippen molar-refractivity contribution >= 4 is 27.4 Å². The predicted molar refractivity (Wildman–Crippen MR) is 78.6 cm³/mol. The maximum Gasteiger partial charge on any atom is 0.150 e. The van der Waals surface area contributed by atoms with Crippen LogP contribution in [0.25, 0.3) is 10.1 Å². The van der Waals surface area contributed by atoms with Crippen LogP contribution in [0.1, 0.15) is 13.3 Å². The molecule has 0 radical (unpaired) electrons. The summed E-state index contributed by atoms with van der Waals surface area (Å²) in [6, 6.07) is 8.54. The molecule has 0 aliphatic carbocycles. The molecule has 96 valence electrons. The third-order valence-corrected chi connectivity index (χ3v) is 4.39. The number of fused-ring (bicyclic) bond motifs is 1. The van der Waals surface area contributed by atoms with Gasteiger partial charge in [-0.15, -0.1) is 0 Å².